The number of hydrogen-bond donors (Lipinski definition) is 3. The number of allylic oxidation sites excluding steroid dienone is 4. The van der Waals surface area contributed by atoms with Gasteiger partial charge in [-0.1, -0.05) is 39.3 Å². The van der Waals surface area contributed by atoms with Crippen LogP contribution in [0.25, 0.3) is 0 Å². The van der Waals surface area contributed by atoms with E-state index in [2.05, 4.69) is 70.1 Å². The summed E-state index contributed by atoms with van der Waals surface area (Å²) < 4.78 is 12.6. The number of piperazine rings is 1. The van der Waals surface area contributed by atoms with Gasteiger partial charge in [0.25, 0.3) is 5.91 Å². The zero-order valence-electron chi connectivity index (χ0n) is 33.5. The standard InChI is InChI=1S/C44H66N6O5/c1-4-36(54-30-40(31(2)3)55-37-12-7-5-6-8-13-37)26-32-16-19-47(20-17-32)29-35(51)28-45-43(52)39-27-41(48-22-24-49(25-23-48)44(53)33-14-15-33)50-21-18-38(39)42(50)46-34-10-9-11-34/h4,12,16,26-27,31,33-35,40,42,46,51H,1,5-11,13-15,17-25,28-30H2,2-3H3,(H,45,52)/b36-26+/t35-,40?,42?/m0/s1. The molecule has 2 saturated carbocycles. The normalized spacial score (nSPS) is 25.1. The predicted molar refractivity (Wildman–Crippen MR) is 215 cm³/mol. The van der Waals surface area contributed by atoms with Gasteiger partial charge in [0.1, 0.15) is 30.5 Å². The van der Waals surface area contributed by atoms with Gasteiger partial charge < -0.3 is 34.6 Å². The highest BCUT2D eigenvalue weighted by Gasteiger charge is 2.42. The second-order valence-electron chi connectivity index (χ2n) is 17.1. The molecule has 7 rings (SSSR count). The first-order valence-corrected chi connectivity index (χ1v) is 21.5. The minimum Gasteiger partial charge on any atom is -0.491 e. The minimum atomic E-state index is -0.684. The Morgan fingerprint density at radius 3 is 2.49 bits per heavy atom. The van der Waals surface area contributed by atoms with Gasteiger partial charge in [-0.05, 0) is 99.2 Å². The maximum Gasteiger partial charge on any atom is 0.251 e. The number of fused-ring (bicyclic) bond motifs is 2. The molecular weight excluding hydrogens is 693 g/mol. The maximum atomic E-state index is 13.9. The van der Waals surface area contributed by atoms with Gasteiger partial charge in [0, 0.05) is 82.9 Å². The van der Waals surface area contributed by atoms with Crippen LogP contribution >= 0.6 is 0 Å². The molecule has 302 valence electrons. The Hall–Kier alpha value is -3.54. The van der Waals surface area contributed by atoms with E-state index in [1.807, 2.05) is 4.90 Å². The SMILES string of the molecule is C=C/C(=C\C1=CCN(C[C@@H](O)CNC(=O)C2=C3CCN(C(N4CCN(C(=O)C5CC5)CC4)=C2)C3NC2CCC2)CC1)OCC(OC1=CCCCCC1)C(C)C. The number of aliphatic hydroxyl groups is 1. The van der Waals surface area contributed by atoms with Crippen LogP contribution in [-0.2, 0) is 19.1 Å². The van der Waals surface area contributed by atoms with Crippen LogP contribution in [0.15, 0.2) is 71.0 Å². The quantitative estimate of drug-likeness (QED) is 0.140. The molecule has 2 bridgehead atoms. The first-order chi connectivity index (χ1) is 26.7. The smallest absolute Gasteiger partial charge is 0.251 e. The summed E-state index contributed by atoms with van der Waals surface area (Å²) in [5, 5.41) is 18.0. The molecule has 0 aromatic carbocycles. The Balaban J connectivity index is 0.902. The second-order valence-corrected chi connectivity index (χ2v) is 17.1. The molecule has 4 heterocycles. The summed E-state index contributed by atoms with van der Waals surface area (Å²) >= 11 is 0. The van der Waals surface area contributed by atoms with Crippen LogP contribution in [0.5, 0.6) is 0 Å². The van der Waals surface area contributed by atoms with Gasteiger partial charge in [-0.2, -0.15) is 0 Å². The maximum absolute atomic E-state index is 13.9. The molecule has 0 spiro atoms. The first-order valence-electron chi connectivity index (χ1n) is 21.5. The van der Waals surface area contributed by atoms with Crippen LogP contribution in [0, 0.1) is 11.8 Å². The highest BCUT2D eigenvalue weighted by Crippen LogP contribution is 2.38. The number of rotatable bonds is 17. The fraction of sp³-hybridized carbons (Fsp3) is 0.682. The number of nitrogens with zero attached hydrogens (tertiary/aromatic N) is 4. The summed E-state index contributed by atoms with van der Waals surface area (Å²) in [6.07, 6.45) is 22.8. The van der Waals surface area contributed by atoms with Gasteiger partial charge in [0.2, 0.25) is 5.91 Å². The average molecular weight is 759 g/mol. The summed E-state index contributed by atoms with van der Waals surface area (Å²) in [6, 6.07) is 0.482. The van der Waals surface area contributed by atoms with Gasteiger partial charge >= 0.3 is 0 Å². The van der Waals surface area contributed by atoms with Crippen molar-refractivity contribution in [2.45, 2.75) is 115 Å². The summed E-state index contributed by atoms with van der Waals surface area (Å²) in [4.78, 5) is 35.6. The molecule has 11 nitrogen and oxygen atoms in total. The molecular formula is C44H66N6O5. The lowest BCUT2D eigenvalue weighted by Crippen LogP contribution is -2.56. The second kappa shape index (κ2) is 18.6. The lowest BCUT2D eigenvalue weighted by molar-refractivity contribution is -0.134. The van der Waals surface area contributed by atoms with Crippen molar-refractivity contribution in [3.8, 4) is 0 Å². The molecule has 55 heavy (non-hydrogen) atoms. The number of β-amino-alcohol motifs (C(OH)–C–C–N with tert-alkyl or cyclic N) is 1. The number of hydrogen-bond acceptors (Lipinski definition) is 9. The van der Waals surface area contributed by atoms with Crippen molar-refractivity contribution in [1.82, 2.24) is 30.2 Å². The topological polar surface area (TPSA) is 110 Å². The van der Waals surface area contributed by atoms with E-state index in [1.54, 1.807) is 6.08 Å². The number of carbonyl (C=O) groups excluding carboxylic acids is 2. The molecule has 0 aromatic heterocycles. The van der Waals surface area contributed by atoms with Gasteiger partial charge in [-0.15, -0.1) is 0 Å². The fourth-order valence-corrected chi connectivity index (χ4v) is 8.61. The molecule has 7 aliphatic rings. The minimum absolute atomic E-state index is 0.0116. The van der Waals surface area contributed by atoms with Gasteiger partial charge in [0.05, 0.1) is 11.9 Å². The Bertz CT molecular complexity index is 1550. The zero-order chi connectivity index (χ0) is 38.3. The zero-order valence-corrected chi connectivity index (χ0v) is 33.5. The molecule has 3 atom stereocenters. The van der Waals surface area contributed by atoms with Crippen LogP contribution < -0.4 is 10.6 Å². The van der Waals surface area contributed by atoms with Crippen molar-refractivity contribution >= 4 is 11.8 Å². The summed E-state index contributed by atoms with van der Waals surface area (Å²) in [6.45, 7) is 14.9. The molecule has 2 amide bonds. The van der Waals surface area contributed by atoms with E-state index in [9.17, 15) is 14.7 Å². The molecule has 3 N–H and O–H groups in total. The lowest BCUT2D eigenvalue weighted by Gasteiger charge is -2.45. The number of aliphatic hydroxyl groups excluding tert-OH is 1. The van der Waals surface area contributed by atoms with Crippen molar-refractivity contribution in [1.29, 1.82) is 0 Å². The molecule has 4 aliphatic heterocycles. The highest BCUT2D eigenvalue weighted by molar-refractivity contribution is 5.97. The van der Waals surface area contributed by atoms with Crippen molar-refractivity contribution in [3.05, 3.63) is 71.0 Å². The summed E-state index contributed by atoms with van der Waals surface area (Å²) in [5.41, 5.74) is 3.08. The van der Waals surface area contributed by atoms with Gasteiger partial charge in [-0.3, -0.25) is 19.8 Å². The van der Waals surface area contributed by atoms with Crippen LogP contribution in [0.3, 0.4) is 0 Å². The third-order valence-electron chi connectivity index (χ3n) is 12.5. The van der Waals surface area contributed by atoms with E-state index in [-0.39, 0.29) is 30.6 Å². The van der Waals surface area contributed by atoms with Crippen molar-refractivity contribution in [2.24, 2.45) is 11.8 Å². The molecule has 11 heteroatoms. The third kappa shape index (κ3) is 10.3. The van der Waals surface area contributed by atoms with Crippen molar-refractivity contribution in [2.75, 3.05) is 65.5 Å². The van der Waals surface area contributed by atoms with Gasteiger partial charge in [0.15, 0.2) is 0 Å². The number of carbonyl (C=O) groups is 2. The van der Waals surface area contributed by atoms with Crippen LogP contribution in [0.2, 0.25) is 0 Å². The van der Waals surface area contributed by atoms with Crippen LogP contribution in [-0.4, -0.2) is 126 Å². The molecule has 0 radical (unpaired) electrons. The molecule has 3 aliphatic carbocycles. The number of nitrogens with one attached hydrogen (secondary N) is 2. The van der Waals surface area contributed by atoms with E-state index < -0.39 is 6.10 Å². The van der Waals surface area contributed by atoms with E-state index >= 15 is 0 Å². The Morgan fingerprint density at radius 2 is 1.80 bits per heavy atom. The highest BCUT2D eigenvalue weighted by atomic mass is 16.5. The first kappa shape index (κ1) is 39.7. The van der Waals surface area contributed by atoms with E-state index in [0.29, 0.717) is 31.0 Å². The third-order valence-corrected chi connectivity index (χ3v) is 12.5. The lowest BCUT2D eigenvalue weighted by atomic mass is 9.91. The molecule has 2 unspecified atom stereocenters. The Morgan fingerprint density at radius 1 is 0.982 bits per heavy atom. The van der Waals surface area contributed by atoms with Crippen LogP contribution in [0.1, 0.15) is 90.9 Å². The van der Waals surface area contributed by atoms with E-state index in [4.69, 9.17) is 9.47 Å². The predicted octanol–water partition coefficient (Wildman–Crippen LogP) is 4.95. The summed E-state index contributed by atoms with van der Waals surface area (Å²) in [7, 11) is 0. The Labute approximate surface area is 329 Å². The van der Waals surface area contributed by atoms with Gasteiger partial charge in [-0.25, -0.2) is 0 Å². The molecule has 2 saturated heterocycles. The average Bonchev–Trinajstić information content (AvgIpc) is 4.01. The molecule has 0 aromatic rings. The van der Waals surface area contributed by atoms with E-state index in [1.165, 1.54) is 44.1 Å². The van der Waals surface area contributed by atoms with E-state index in [0.717, 1.165) is 113 Å². The van der Waals surface area contributed by atoms with Crippen LogP contribution in [0.4, 0.5) is 0 Å². The largest absolute Gasteiger partial charge is 0.491 e. The Kier molecular flexibility index (Phi) is 13.4. The van der Waals surface area contributed by atoms with Crippen molar-refractivity contribution < 1.29 is 24.2 Å². The monoisotopic (exact) mass is 759 g/mol. The summed E-state index contributed by atoms with van der Waals surface area (Å²) in [5.74, 6) is 3.71. The fourth-order valence-electron chi connectivity index (χ4n) is 8.61. The molecule has 4 fully saturated rings. The van der Waals surface area contributed by atoms with Crippen molar-refractivity contribution in [3.63, 3.8) is 0 Å². The number of amides is 2. The number of ether oxygens (including phenoxy) is 2.